The number of benzene rings is 1. The average molecular weight is 389 g/mol. The normalized spacial score (nSPS) is 12.6. The van der Waals surface area contributed by atoms with Crippen LogP contribution in [0.15, 0.2) is 44.7 Å². The third-order valence-corrected chi connectivity index (χ3v) is 4.99. The molecule has 0 bridgehead atoms. The van der Waals surface area contributed by atoms with Gasteiger partial charge in [0.25, 0.3) is 0 Å². The predicted molar refractivity (Wildman–Crippen MR) is 86.5 cm³/mol. The van der Waals surface area contributed by atoms with E-state index in [1.165, 1.54) is 14.2 Å². The first kappa shape index (κ1) is 14.3. The number of rotatable bonds is 5. The average Bonchev–Trinajstić information content (AvgIpc) is 2.74. The Balaban J connectivity index is 2.17. The molecule has 0 saturated carbocycles. The second-order valence-corrected chi connectivity index (χ2v) is 7.68. The lowest BCUT2D eigenvalue weighted by atomic mass is 9.95. The molecule has 1 nitrogen and oxygen atoms in total. The van der Waals surface area contributed by atoms with Gasteiger partial charge < -0.3 is 5.32 Å². The molecule has 18 heavy (non-hydrogen) atoms. The monoisotopic (exact) mass is 387 g/mol. The van der Waals surface area contributed by atoms with E-state index in [1.807, 2.05) is 18.4 Å². The van der Waals surface area contributed by atoms with Gasteiger partial charge >= 0.3 is 0 Å². The SMILES string of the molecule is CNCC(Cc1ccc(Br)s1)c1cccc(Br)c1. The molecule has 1 aromatic heterocycles. The minimum atomic E-state index is 0.512. The van der Waals surface area contributed by atoms with Crippen molar-refractivity contribution in [2.75, 3.05) is 13.6 Å². The molecule has 2 rings (SSSR count). The highest BCUT2D eigenvalue weighted by Gasteiger charge is 2.13. The van der Waals surface area contributed by atoms with Crippen molar-refractivity contribution < 1.29 is 0 Å². The largest absolute Gasteiger partial charge is 0.319 e. The quantitative estimate of drug-likeness (QED) is 0.774. The third-order valence-electron chi connectivity index (χ3n) is 2.85. The standard InChI is InChI=1S/C14H15Br2NS/c1-17-9-11(8-13-5-6-14(16)18-13)10-3-2-4-12(15)7-10/h2-7,11,17H,8-9H2,1H3. The van der Waals surface area contributed by atoms with Gasteiger partial charge in [-0.25, -0.2) is 0 Å². The molecular formula is C14H15Br2NS. The minimum Gasteiger partial charge on any atom is -0.319 e. The van der Waals surface area contributed by atoms with Gasteiger partial charge in [-0.2, -0.15) is 0 Å². The van der Waals surface area contributed by atoms with Crippen LogP contribution in [-0.2, 0) is 6.42 Å². The maximum absolute atomic E-state index is 3.55. The van der Waals surface area contributed by atoms with Gasteiger partial charge in [-0.05, 0) is 59.2 Å². The van der Waals surface area contributed by atoms with Gasteiger partial charge in [0.2, 0.25) is 0 Å². The first-order chi connectivity index (χ1) is 8.69. The van der Waals surface area contributed by atoms with Gasteiger partial charge in [-0.3, -0.25) is 0 Å². The van der Waals surface area contributed by atoms with Crippen molar-refractivity contribution in [3.05, 3.63) is 55.1 Å². The summed E-state index contributed by atoms with van der Waals surface area (Å²) in [6, 6.07) is 12.9. The second-order valence-electron chi connectivity index (χ2n) is 4.22. The summed E-state index contributed by atoms with van der Waals surface area (Å²) in [5, 5.41) is 3.29. The van der Waals surface area contributed by atoms with Gasteiger partial charge in [-0.1, -0.05) is 28.1 Å². The lowest BCUT2D eigenvalue weighted by Crippen LogP contribution is -2.18. The van der Waals surface area contributed by atoms with Crippen molar-refractivity contribution >= 4 is 43.2 Å². The summed E-state index contributed by atoms with van der Waals surface area (Å²) in [5.41, 5.74) is 1.38. The summed E-state index contributed by atoms with van der Waals surface area (Å²) in [6.07, 6.45) is 1.08. The van der Waals surface area contributed by atoms with Crippen LogP contribution in [0.3, 0.4) is 0 Å². The van der Waals surface area contributed by atoms with E-state index in [0.717, 1.165) is 17.4 Å². The summed E-state index contributed by atoms with van der Waals surface area (Å²) in [7, 11) is 2.01. The van der Waals surface area contributed by atoms with E-state index in [0.29, 0.717) is 5.92 Å². The summed E-state index contributed by atoms with van der Waals surface area (Å²) in [4.78, 5) is 1.42. The number of hydrogen-bond acceptors (Lipinski definition) is 2. The van der Waals surface area contributed by atoms with Gasteiger partial charge in [-0.15, -0.1) is 11.3 Å². The Bertz CT molecular complexity index is 510. The van der Waals surface area contributed by atoms with E-state index in [9.17, 15) is 0 Å². The van der Waals surface area contributed by atoms with Crippen LogP contribution in [0.1, 0.15) is 16.4 Å². The van der Waals surface area contributed by atoms with E-state index < -0.39 is 0 Å². The molecule has 0 aliphatic rings. The second kappa shape index (κ2) is 6.85. The van der Waals surface area contributed by atoms with Gasteiger partial charge in [0, 0.05) is 21.8 Å². The third kappa shape index (κ3) is 3.92. The van der Waals surface area contributed by atoms with Crippen molar-refractivity contribution in [3.8, 4) is 0 Å². The highest BCUT2D eigenvalue weighted by Crippen LogP contribution is 2.28. The molecule has 0 spiro atoms. The molecule has 0 aliphatic heterocycles. The molecule has 0 saturated heterocycles. The fourth-order valence-corrected chi connectivity index (χ4v) is 4.00. The Morgan fingerprint density at radius 2 is 2.06 bits per heavy atom. The van der Waals surface area contributed by atoms with Crippen molar-refractivity contribution in [2.24, 2.45) is 0 Å². The molecular weight excluding hydrogens is 374 g/mol. The Morgan fingerprint density at radius 3 is 2.67 bits per heavy atom. The van der Waals surface area contributed by atoms with Crippen LogP contribution in [0.2, 0.25) is 0 Å². The summed E-state index contributed by atoms with van der Waals surface area (Å²) >= 11 is 8.89. The summed E-state index contributed by atoms with van der Waals surface area (Å²) in [5.74, 6) is 0.512. The Kier molecular flexibility index (Phi) is 5.42. The molecule has 1 N–H and O–H groups in total. The molecule has 0 radical (unpaired) electrons. The molecule has 1 unspecified atom stereocenters. The van der Waals surface area contributed by atoms with Crippen molar-refractivity contribution in [1.29, 1.82) is 0 Å². The summed E-state index contributed by atoms with van der Waals surface area (Å²) in [6.45, 7) is 0.992. The lowest BCUT2D eigenvalue weighted by Gasteiger charge is -2.16. The van der Waals surface area contributed by atoms with Gasteiger partial charge in [0.15, 0.2) is 0 Å². The van der Waals surface area contributed by atoms with Gasteiger partial charge in [0.1, 0.15) is 0 Å². The van der Waals surface area contributed by atoms with Crippen LogP contribution < -0.4 is 5.32 Å². The predicted octanol–water partition coefficient (Wildman–Crippen LogP) is 4.82. The molecule has 1 heterocycles. The van der Waals surface area contributed by atoms with E-state index in [2.05, 4.69) is 73.6 Å². The van der Waals surface area contributed by atoms with Gasteiger partial charge in [0.05, 0.1) is 3.79 Å². The van der Waals surface area contributed by atoms with Crippen molar-refractivity contribution in [2.45, 2.75) is 12.3 Å². The fraction of sp³-hybridized carbons (Fsp3) is 0.286. The number of hydrogen-bond donors (Lipinski definition) is 1. The highest BCUT2D eigenvalue weighted by atomic mass is 79.9. The number of halogens is 2. The van der Waals surface area contributed by atoms with Crippen LogP contribution in [0.4, 0.5) is 0 Å². The zero-order chi connectivity index (χ0) is 13.0. The molecule has 4 heteroatoms. The van der Waals surface area contributed by atoms with Crippen molar-refractivity contribution in [3.63, 3.8) is 0 Å². The van der Waals surface area contributed by atoms with E-state index in [-0.39, 0.29) is 0 Å². The fourth-order valence-electron chi connectivity index (χ4n) is 2.02. The van der Waals surface area contributed by atoms with Crippen LogP contribution >= 0.6 is 43.2 Å². The molecule has 2 aromatic rings. The zero-order valence-corrected chi connectivity index (χ0v) is 14.1. The number of nitrogens with one attached hydrogen (secondary N) is 1. The molecule has 0 fully saturated rings. The maximum Gasteiger partial charge on any atom is 0.0701 e. The lowest BCUT2D eigenvalue weighted by molar-refractivity contribution is 0.630. The molecule has 96 valence electrons. The molecule has 0 aliphatic carbocycles. The van der Waals surface area contributed by atoms with E-state index in [4.69, 9.17) is 0 Å². The van der Waals surface area contributed by atoms with E-state index >= 15 is 0 Å². The molecule has 0 amide bonds. The number of likely N-dealkylation sites (N-methyl/N-ethyl adjacent to an activating group) is 1. The minimum absolute atomic E-state index is 0.512. The number of thiophene rings is 1. The Labute approximate surface area is 129 Å². The highest BCUT2D eigenvalue weighted by molar-refractivity contribution is 9.11. The van der Waals surface area contributed by atoms with Crippen LogP contribution in [0, 0.1) is 0 Å². The Hall–Kier alpha value is -0.160. The van der Waals surface area contributed by atoms with Crippen LogP contribution in [0.5, 0.6) is 0 Å². The Morgan fingerprint density at radius 1 is 1.22 bits per heavy atom. The van der Waals surface area contributed by atoms with Crippen molar-refractivity contribution in [1.82, 2.24) is 5.32 Å². The smallest absolute Gasteiger partial charge is 0.0701 e. The van der Waals surface area contributed by atoms with Crippen LogP contribution in [-0.4, -0.2) is 13.6 Å². The van der Waals surface area contributed by atoms with E-state index in [1.54, 1.807) is 0 Å². The maximum atomic E-state index is 3.55. The first-order valence-electron chi connectivity index (χ1n) is 5.83. The summed E-state index contributed by atoms with van der Waals surface area (Å²) < 4.78 is 2.35. The first-order valence-corrected chi connectivity index (χ1v) is 8.23. The molecule has 1 atom stereocenters. The molecule has 1 aromatic carbocycles. The topological polar surface area (TPSA) is 12.0 Å². The van der Waals surface area contributed by atoms with Crippen LogP contribution in [0.25, 0.3) is 0 Å². The zero-order valence-electron chi connectivity index (χ0n) is 10.1.